The Kier molecular flexibility index (Phi) is 4.78. The van der Waals surface area contributed by atoms with E-state index in [0.29, 0.717) is 0 Å². The first-order valence-electron chi connectivity index (χ1n) is 7.49. The van der Waals surface area contributed by atoms with E-state index in [4.69, 9.17) is 4.74 Å². The van der Waals surface area contributed by atoms with Gasteiger partial charge in [0, 0.05) is 36.0 Å². The minimum absolute atomic E-state index is 0.102. The lowest BCUT2D eigenvalue weighted by Crippen LogP contribution is -2.41. The number of nitrogens with zero attached hydrogens (tertiary/aromatic N) is 1. The van der Waals surface area contributed by atoms with E-state index in [1.54, 1.807) is 0 Å². The Hall–Kier alpha value is -1.81. The lowest BCUT2D eigenvalue weighted by Gasteiger charge is -2.32. The van der Waals surface area contributed by atoms with Gasteiger partial charge in [0.25, 0.3) is 5.91 Å². The topological polar surface area (TPSA) is 29.5 Å². The molecule has 1 aliphatic rings. The Bertz CT molecular complexity index is 619. The summed E-state index contributed by atoms with van der Waals surface area (Å²) in [6, 6.07) is 17.4. The SMILES string of the molecule is O=C(c1ccc(Br)cc1)N1CCC(Oc2ccccc2)CC1. The highest BCUT2D eigenvalue weighted by molar-refractivity contribution is 9.10. The van der Waals surface area contributed by atoms with Crippen LogP contribution in [0.25, 0.3) is 0 Å². The molecule has 0 unspecified atom stereocenters. The maximum atomic E-state index is 12.4. The van der Waals surface area contributed by atoms with Gasteiger partial charge >= 0.3 is 0 Å². The monoisotopic (exact) mass is 359 g/mol. The van der Waals surface area contributed by atoms with E-state index in [-0.39, 0.29) is 12.0 Å². The zero-order valence-electron chi connectivity index (χ0n) is 12.2. The number of para-hydroxylation sites is 1. The fourth-order valence-electron chi connectivity index (χ4n) is 2.64. The summed E-state index contributed by atoms with van der Waals surface area (Å²) in [5.41, 5.74) is 0.741. The zero-order valence-corrected chi connectivity index (χ0v) is 13.8. The van der Waals surface area contributed by atoms with Crippen molar-refractivity contribution in [2.24, 2.45) is 0 Å². The fraction of sp³-hybridized carbons (Fsp3) is 0.278. The van der Waals surface area contributed by atoms with E-state index in [0.717, 1.165) is 41.7 Å². The lowest BCUT2D eigenvalue weighted by atomic mass is 10.1. The predicted molar refractivity (Wildman–Crippen MR) is 90.1 cm³/mol. The summed E-state index contributed by atoms with van der Waals surface area (Å²) in [7, 11) is 0. The van der Waals surface area contributed by atoms with E-state index >= 15 is 0 Å². The molecule has 2 aromatic carbocycles. The minimum atomic E-state index is 0.102. The van der Waals surface area contributed by atoms with Crippen molar-refractivity contribution in [1.29, 1.82) is 0 Å². The minimum Gasteiger partial charge on any atom is -0.490 e. The van der Waals surface area contributed by atoms with Crippen LogP contribution in [0.4, 0.5) is 0 Å². The van der Waals surface area contributed by atoms with Crippen LogP contribution in [0, 0.1) is 0 Å². The number of piperidine rings is 1. The van der Waals surface area contributed by atoms with E-state index in [2.05, 4.69) is 15.9 Å². The van der Waals surface area contributed by atoms with Gasteiger partial charge in [0.05, 0.1) is 0 Å². The Morgan fingerprint density at radius 2 is 1.64 bits per heavy atom. The molecule has 0 atom stereocenters. The third-order valence-electron chi connectivity index (χ3n) is 3.87. The van der Waals surface area contributed by atoms with Gasteiger partial charge < -0.3 is 9.64 Å². The third-order valence-corrected chi connectivity index (χ3v) is 4.39. The number of benzene rings is 2. The summed E-state index contributed by atoms with van der Waals surface area (Å²) in [5.74, 6) is 1.01. The number of hydrogen-bond donors (Lipinski definition) is 0. The summed E-state index contributed by atoms with van der Waals surface area (Å²) in [4.78, 5) is 14.4. The number of carbonyl (C=O) groups is 1. The number of ether oxygens (including phenoxy) is 1. The molecule has 0 spiro atoms. The van der Waals surface area contributed by atoms with Crippen molar-refractivity contribution in [1.82, 2.24) is 4.90 Å². The van der Waals surface area contributed by atoms with Crippen molar-refractivity contribution in [2.75, 3.05) is 13.1 Å². The van der Waals surface area contributed by atoms with Gasteiger partial charge in [-0.05, 0) is 36.4 Å². The van der Waals surface area contributed by atoms with Crippen LogP contribution in [0.5, 0.6) is 5.75 Å². The van der Waals surface area contributed by atoms with Gasteiger partial charge in [-0.1, -0.05) is 34.1 Å². The molecule has 1 amide bonds. The second-order valence-corrected chi connectivity index (χ2v) is 6.35. The van der Waals surface area contributed by atoms with Crippen molar-refractivity contribution in [3.63, 3.8) is 0 Å². The Morgan fingerprint density at radius 3 is 2.27 bits per heavy atom. The van der Waals surface area contributed by atoms with Crippen LogP contribution < -0.4 is 4.74 Å². The molecular weight excluding hydrogens is 342 g/mol. The molecule has 3 nitrogen and oxygen atoms in total. The van der Waals surface area contributed by atoms with E-state index in [1.807, 2.05) is 59.5 Å². The van der Waals surface area contributed by atoms with Gasteiger partial charge in [-0.25, -0.2) is 0 Å². The maximum absolute atomic E-state index is 12.4. The Balaban J connectivity index is 1.55. The Morgan fingerprint density at radius 1 is 1.00 bits per heavy atom. The zero-order chi connectivity index (χ0) is 15.4. The van der Waals surface area contributed by atoms with E-state index in [9.17, 15) is 4.79 Å². The second-order valence-electron chi connectivity index (χ2n) is 5.43. The summed E-state index contributed by atoms with van der Waals surface area (Å²) in [6.45, 7) is 1.48. The van der Waals surface area contributed by atoms with Gasteiger partial charge in [0.1, 0.15) is 11.9 Å². The lowest BCUT2D eigenvalue weighted by molar-refractivity contribution is 0.0595. The molecule has 1 saturated heterocycles. The van der Waals surface area contributed by atoms with Crippen LogP contribution in [0.15, 0.2) is 59.1 Å². The standard InChI is InChI=1S/C18H18BrNO2/c19-15-8-6-14(7-9-15)18(21)20-12-10-17(11-13-20)22-16-4-2-1-3-5-16/h1-9,17H,10-13H2. The molecule has 0 bridgehead atoms. The molecule has 0 aliphatic carbocycles. The molecular formula is C18H18BrNO2. The summed E-state index contributed by atoms with van der Waals surface area (Å²) >= 11 is 3.39. The van der Waals surface area contributed by atoms with Crippen LogP contribution >= 0.6 is 15.9 Å². The van der Waals surface area contributed by atoms with Gasteiger partial charge in [-0.15, -0.1) is 0 Å². The highest BCUT2D eigenvalue weighted by Gasteiger charge is 2.24. The van der Waals surface area contributed by atoms with E-state index < -0.39 is 0 Å². The number of hydrogen-bond acceptors (Lipinski definition) is 2. The molecule has 0 N–H and O–H groups in total. The van der Waals surface area contributed by atoms with Crippen LogP contribution in [0.2, 0.25) is 0 Å². The molecule has 4 heteroatoms. The van der Waals surface area contributed by atoms with Crippen LogP contribution in [-0.4, -0.2) is 30.0 Å². The van der Waals surface area contributed by atoms with Crippen molar-refractivity contribution < 1.29 is 9.53 Å². The molecule has 22 heavy (non-hydrogen) atoms. The molecule has 1 aliphatic heterocycles. The summed E-state index contributed by atoms with van der Waals surface area (Å²) in [6.07, 6.45) is 1.94. The van der Waals surface area contributed by atoms with Crippen LogP contribution in [0.1, 0.15) is 23.2 Å². The second kappa shape index (κ2) is 6.97. The van der Waals surface area contributed by atoms with Gasteiger partial charge in [-0.2, -0.15) is 0 Å². The maximum Gasteiger partial charge on any atom is 0.253 e. The molecule has 1 heterocycles. The normalized spacial score (nSPS) is 15.6. The van der Waals surface area contributed by atoms with Gasteiger partial charge in [0.15, 0.2) is 0 Å². The first-order chi connectivity index (χ1) is 10.7. The Labute approximate surface area is 139 Å². The molecule has 0 saturated carbocycles. The highest BCUT2D eigenvalue weighted by atomic mass is 79.9. The number of carbonyl (C=O) groups excluding carboxylic acids is 1. The fourth-order valence-corrected chi connectivity index (χ4v) is 2.91. The van der Waals surface area contributed by atoms with Crippen molar-refractivity contribution >= 4 is 21.8 Å². The summed E-state index contributed by atoms with van der Waals surface area (Å²) in [5, 5.41) is 0. The quantitative estimate of drug-likeness (QED) is 0.824. The molecule has 114 valence electrons. The van der Waals surface area contributed by atoms with E-state index in [1.165, 1.54) is 0 Å². The summed E-state index contributed by atoms with van der Waals surface area (Å²) < 4.78 is 6.95. The number of rotatable bonds is 3. The van der Waals surface area contributed by atoms with Gasteiger partial charge in [-0.3, -0.25) is 4.79 Å². The number of halogens is 1. The first kappa shape index (κ1) is 15.1. The molecule has 3 rings (SSSR count). The molecule has 1 fully saturated rings. The van der Waals surface area contributed by atoms with Crippen molar-refractivity contribution in [2.45, 2.75) is 18.9 Å². The number of amides is 1. The molecule has 0 radical (unpaired) electrons. The third kappa shape index (κ3) is 3.69. The molecule has 2 aromatic rings. The van der Waals surface area contributed by atoms with Crippen molar-refractivity contribution in [3.05, 3.63) is 64.6 Å². The number of likely N-dealkylation sites (tertiary alicyclic amines) is 1. The van der Waals surface area contributed by atoms with Crippen LogP contribution in [0.3, 0.4) is 0 Å². The van der Waals surface area contributed by atoms with Crippen LogP contribution in [-0.2, 0) is 0 Å². The largest absolute Gasteiger partial charge is 0.490 e. The van der Waals surface area contributed by atoms with Crippen molar-refractivity contribution in [3.8, 4) is 5.75 Å². The average molecular weight is 360 g/mol. The van der Waals surface area contributed by atoms with Gasteiger partial charge in [0.2, 0.25) is 0 Å². The predicted octanol–water partition coefficient (Wildman–Crippen LogP) is 4.13. The molecule has 0 aromatic heterocycles. The first-order valence-corrected chi connectivity index (χ1v) is 8.28. The smallest absolute Gasteiger partial charge is 0.253 e. The highest BCUT2D eigenvalue weighted by Crippen LogP contribution is 2.20. The average Bonchev–Trinajstić information content (AvgIpc) is 2.57.